The minimum Gasteiger partial charge on any atom is -0.496 e. The number of primary amides is 1. The number of carboxylic acid groups (broad SMARTS) is 1. The van der Waals surface area contributed by atoms with Crippen LogP contribution in [0.15, 0.2) is 134 Å². The number of imide groups is 1. The Morgan fingerprint density at radius 2 is 1.52 bits per heavy atom. The number of amides is 8. The standard InChI is InChI=1S/C92H114ClFN18O26S2Si/c1-54(2)77(105-71(114)25-36-129-38-33-111-72(115)22-23-73(111)116)83(141)86(121)104-65(13-10-26-97-91(95)124)85(120)102-59-18-17-57(58(45-59)50-132-51-61-47-110(108-106-61)32-40-135-92(125)107-140(126,127)100-28-37-130-41-42-131-43-44-134-90-81(119)80(118)79(117)70(49-113)138-90)48-112(4)34-29-109(30-35-112)31-39-133-68-21-19-63-74-75-87(98-53-99-88(75)139-82(74)64(20-16-55(3)94)103-78(63)76(68)93)137-69(89(122)123)46-56-11-6-8-14-66(56)136-52-60-24-27-96-84(101-60)62-12-7-9-15-67(62)128-5/h6-9,11-12,14-24,27,45,47,53-54,65,69-70,77,79-81,83,90,100,113,117-119H,3,10,13,25-26,28-44,46,48-52H2,1-2,4-5,141H3,(H7-,95,97,102,104,105,107,114,120,121,122,123,124,125)/p+1/b20-16-/t65-,69+,70+,77-,79+,80-,81+,83?,90+/m0/s1. The monoisotopic (exact) mass is 2030 g/mol. The molecule has 3 aliphatic heterocycles. The summed E-state index contributed by atoms with van der Waals surface area (Å²) in [4.78, 5) is 131. The molecule has 49 heteroatoms. The van der Waals surface area contributed by atoms with E-state index in [1.807, 2.05) is 44.2 Å². The number of anilines is 1. The SMILES string of the molecule is C=C(F)/C=C\c1nc2c(Cl)c(OCCN3CC[N+](C)(Cc4ccc(NC(=O)[C@H](CCCNC(N)=O)NC(=O)C([SiH3])[C@@H](NC(=O)CCOCCN5C(=O)C=CC5=O)C(C)C)cc4COCc4cn(CCOC(=O)NS(=O)(=O)NCCOCCOCCO[C@@H]5O[C@H](CO)[C@@H](O)[C@H](O)[C@H]5O)nn4)CC3)ccc2c2c1sc1ncnc(O[C@H](Cc3ccccc3OCc3ccnc(-c4ccccc4OC)n3)C(=O)O)c12. The van der Waals surface area contributed by atoms with Gasteiger partial charge in [-0.1, -0.05) is 73.6 Å². The van der Waals surface area contributed by atoms with Gasteiger partial charge in [0.1, 0.15) is 102 Å². The van der Waals surface area contributed by atoms with E-state index in [0.29, 0.717) is 132 Å². The van der Waals surface area contributed by atoms with Crippen molar-refractivity contribution in [2.24, 2.45) is 11.7 Å². The number of urea groups is 1. The molecule has 0 radical (unpaired) electrons. The lowest BCUT2D eigenvalue weighted by Crippen LogP contribution is -2.59. The molecule has 2 fully saturated rings. The van der Waals surface area contributed by atoms with E-state index in [0.717, 1.165) is 28.7 Å². The van der Waals surface area contributed by atoms with Crippen LogP contribution < -0.4 is 55.4 Å². The number of fused-ring (bicyclic) bond motifs is 5. The number of nitrogens with one attached hydrogen (secondary N) is 6. The molecule has 9 atom stereocenters. The molecule has 12 rings (SSSR count). The van der Waals surface area contributed by atoms with Crippen LogP contribution in [0.2, 0.25) is 10.6 Å². The molecule has 44 nitrogen and oxygen atoms in total. The van der Waals surface area contributed by atoms with Gasteiger partial charge >= 0.3 is 28.3 Å². The molecule has 0 saturated carbocycles. The highest BCUT2D eigenvalue weighted by atomic mass is 35.5. The summed E-state index contributed by atoms with van der Waals surface area (Å²) >= 11 is 8.54. The molecular formula is C92H115ClFN18O26S2Si+. The van der Waals surface area contributed by atoms with Crippen LogP contribution in [-0.4, -0.2) is 327 Å². The number of nitrogens with two attached hydrogens (primary N) is 1. The van der Waals surface area contributed by atoms with E-state index in [4.69, 9.17) is 79.4 Å². The molecular weight excluding hydrogens is 1920 g/mol. The molecule has 2 saturated heterocycles. The van der Waals surface area contributed by atoms with Crippen molar-refractivity contribution in [1.29, 1.82) is 0 Å². The first-order valence-corrected chi connectivity index (χ1v) is 49.2. The number of allylic oxidation sites excluding steroid dienone is 2. The Morgan fingerprint density at radius 3 is 2.27 bits per heavy atom. The quantitative estimate of drug-likeness (QED) is 0.00856. The number of quaternary nitrogens is 1. The van der Waals surface area contributed by atoms with Crippen LogP contribution in [0.5, 0.6) is 23.1 Å². The topological polar surface area (TPSA) is 573 Å². The summed E-state index contributed by atoms with van der Waals surface area (Å²) in [6.45, 7) is 9.52. The zero-order valence-electron chi connectivity index (χ0n) is 78.1. The van der Waals surface area contributed by atoms with Gasteiger partial charge in [-0.25, -0.2) is 53.1 Å². The van der Waals surface area contributed by atoms with Crippen LogP contribution in [0.1, 0.15) is 66.9 Å². The van der Waals surface area contributed by atoms with Gasteiger partial charge in [-0.15, -0.1) is 16.4 Å². The van der Waals surface area contributed by atoms with Gasteiger partial charge in [0, 0.05) is 108 Å². The minimum absolute atomic E-state index is 0.00695. The van der Waals surface area contributed by atoms with Crippen LogP contribution in [0.4, 0.5) is 19.7 Å². The molecule has 8 amide bonds. The van der Waals surface area contributed by atoms with Gasteiger partial charge in [0.05, 0.1) is 145 Å². The number of aliphatic hydroxyl groups excluding tert-OH is 4. The molecule has 141 heavy (non-hydrogen) atoms. The molecule has 9 aromatic rings. The molecule has 0 aliphatic carbocycles. The number of aliphatic hydroxyl groups is 4. The largest absolute Gasteiger partial charge is 0.496 e. The van der Waals surface area contributed by atoms with Gasteiger partial charge in [0.15, 0.2) is 12.1 Å². The van der Waals surface area contributed by atoms with Gasteiger partial charge in [-0.3, -0.25) is 33.8 Å². The van der Waals surface area contributed by atoms with Crippen LogP contribution in [0.25, 0.3) is 48.7 Å². The highest BCUT2D eigenvalue weighted by Crippen LogP contribution is 2.46. The number of carbonyl (C=O) groups excluding carboxylic acids is 7. The maximum atomic E-state index is 14.7. The molecule has 758 valence electrons. The number of thiophene rings is 1. The number of nitrogens with zero attached hydrogens (tertiary/aromatic N) is 11. The number of para-hydroxylation sites is 2. The van der Waals surface area contributed by atoms with Gasteiger partial charge < -0.3 is 109 Å². The fourth-order valence-electron chi connectivity index (χ4n) is 15.7. The third-order valence-electron chi connectivity index (χ3n) is 23.2. The Morgan fingerprint density at radius 1 is 0.780 bits per heavy atom. The van der Waals surface area contributed by atoms with E-state index in [1.165, 1.54) is 28.4 Å². The summed E-state index contributed by atoms with van der Waals surface area (Å²) < 4.78 is 109. The van der Waals surface area contributed by atoms with Crippen molar-refractivity contribution in [3.8, 4) is 34.5 Å². The van der Waals surface area contributed by atoms with Crippen molar-refractivity contribution in [2.75, 3.05) is 138 Å². The van der Waals surface area contributed by atoms with E-state index < -0.39 is 125 Å². The summed E-state index contributed by atoms with van der Waals surface area (Å²) in [6, 6.07) is 22.4. The van der Waals surface area contributed by atoms with E-state index in [1.54, 1.807) is 78.8 Å². The fraction of sp³-hybridized carbons (Fsp3) is 0.446. The van der Waals surface area contributed by atoms with Crippen molar-refractivity contribution in [2.45, 2.75) is 127 Å². The first kappa shape index (κ1) is 107. The third-order valence-corrected chi connectivity index (χ3v) is 27.0. The molecule has 8 heterocycles. The molecule has 0 bridgehead atoms. The van der Waals surface area contributed by atoms with Crippen molar-refractivity contribution < 1.29 is 133 Å². The summed E-state index contributed by atoms with van der Waals surface area (Å²) in [5, 5.41) is 71.5. The maximum Gasteiger partial charge on any atom is 0.421 e. The number of benzene rings is 4. The molecule has 13 N–H and O–H groups in total. The van der Waals surface area contributed by atoms with Gasteiger partial charge in [-0.05, 0) is 90.6 Å². The zero-order valence-corrected chi connectivity index (χ0v) is 82.5. The Kier molecular flexibility index (Phi) is 39.6. The van der Waals surface area contributed by atoms with Gasteiger partial charge in [0.2, 0.25) is 29.7 Å². The summed E-state index contributed by atoms with van der Waals surface area (Å²) in [6.07, 6.45) is -0.540. The Bertz CT molecular complexity index is 6040. The number of carbonyl (C=O) groups is 8. The maximum absolute atomic E-state index is 14.7. The predicted molar refractivity (Wildman–Crippen MR) is 513 cm³/mol. The van der Waals surface area contributed by atoms with E-state index in [-0.39, 0.29) is 164 Å². The second kappa shape index (κ2) is 51.9. The van der Waals surface area contributed by atoms with Crippen LogP contribution in [0, 0.1) is 5.92 Å². The Hall–Kier alpha value is -12.3. The predicted octanol–water partition coefficient (Wildman–Crippen LogP) is 3.22. The van der Waals surface area contributed by atoms with Crippen LogP contribution >= 0.6 is 22.9 Å². The third kappa shape index (κ3) is 30.6. The highest BCUT2D eigenvalue weighted by molar-refractivity contribution is 7.88. The summed E-state index contributed by atoms with van der Waals surface area (Å²) in [7, 11) is -0.456. The number of methoxy groups -OCH3 is 1. The molecule has 3 aliphatic rings. The summed E-state index contributed by atoms with van der Waals surface area (Å²) in [5.74, 6) is -3.01. The average Bonchev–Trinajstić information content (AvgIpc) is 1.58. The number of likely N-dealkylation sites (N-methyl/N-ethyl adjacent to an activating group) is 1. The van der Waals surface area contributed by atoms with E-state index in [9.17, 15) is 76.7 Å². The Balaban J connectivity index is 0.679. The molecule has 1 unspecified atom stereocenters. The van der Waals surface area contributed by atoms with E-state index in [2.05, 4.69) is 69.8 Å². The number of piperazine rings is 1. The lowest BCUT2D eigenvalue weighted by Gasteiger charge is -2.42. The first-order valence-electron chi connectivity index (χ1n) is 45.4. The van der Waals surface area contributed by atoms with Gasteiger partial charge in [-0.2, -0.15) is 13.1 Å². The number of ether oxygens (including phenoxy) is 11. The number of halogens is 2. The van der Waals surface area contributed by atoms with E-state index >= 15 is 0 Å². The number of hydrogen-bond acceptors (Lipinski definition) is 34. The summed E-state index contributed by atoms with van der Waals surface area (Å²) in [5.41, 5.74) is 9.24. The minimum atomic E-state index is -4.39. The normalized spacial score (nSPS) is 17.5. The van der Waals surface area contributed by atoms with Crippen molar-refractivity contribution >= 4 is 134 Å². The first-order chi connectivity index (χ1) is 67.7. The molecule has 0 spiro atoms. The van der Waals surface area contributed by atoms with Gasteiger partial charge in [0.25, 0.3) is 11.8 Å². The number of aromatic nitrogens is 8. The zero-order chi connectivity index (χ0) is 101. The van der Waals surface area contributed by atoms with Crippen LogP contribution in [0.3, 0.4) is 0 Å². The number of rotatable bonds is 55. The molecule has 5 aromatic heterocycles. The number of hydrogen-bond donors (Lipinski definition) is 12. The van der Waals surface area contributed by atoms with Crippen molar-refractivity contribution in [3.63, 3.8) is 0 Å². The number of carboxylic acids is 1. The average molecular weight is 2040 g/mol. The second-order valence-corrected chi connectivity index (χ2v) is 37.9. The smallest absolute Gasteiger partial charge is 0.421 e. The fourth-order valence-corrected chi connectivity index (χ4v) is 18.9. The van der Waals surface area contributed by atoms with Crippen molar-refractivity contribution in [3.05, 3.63) is 173 Å². The lowest BCUT2D eigenvalue weighted by atomic mass is 9.99. The Labute approximate surface area is 821 Å². The molecule has 4 aromatic carbocycles. The number of pyridine rings is 1. The van der Waals surface area contributed by atoms with Crippen molar-refractivity contribution in [1.82, 2.24) is 75.1 Å². The van der Waals surface area contributed by atoms with Crippen LogP contribution in [-0.2, 0) is 111 Å². The lowest BCUT2D eigenvalue weighted by molar-refractivity contribution is -0.926. The number of aliphatic carboxylic acids is 1. The second-order valence-electron chi connectivity index (χ2n) is 33.8. The highest BCUT2D eigenvalue weighted by Gasteiger charge is 2.44.